The summed E-state index contributed by atoms with van der Waals surface area (Å²) in [5.74, 6) is 1.19. The minimum absolute atomic E-state index is 0.538. The number of benzene rings is 1. The summed E-state index contributed by atoms with van der Waals surface area (Å²) in [6.07, 6.45) is 2.80. The molecule has 3 heteroatoms. The quantitative estimate of drug-likeness (QED) is 0.855. The van der Waals surface area contributed by atoms with E-state index >= 15 is 0 Å². The van der Waals surface area contributed by atoms with Crippen molar-refractivity contribution in [2.45, 2.75) is 19.3 Å². The van der Waals surface area contributed by atoms with Crippen molar-refractivity contribution in [3.63, 3.8) is 0 Å². The molecule has 0 radical (unpaired) electrons. The number of rotatable bonds is 6. The number of methoxy groups -OCH3 is 1. The van der Waals surface area contributed by atoms with Crippen molar-refractivity contribution >= 4 is 5.69 Å². The van der Waals surface area contributed by atoms with Crippen LogP contribution in [0.15, 0.2) is 48.7 Å². The first-order valence-corrected chi connectivity index (χ1v) is 6.59. The van der Waals surface area contributed by atoms with Gasteiger partial charge in [-0.05, 0) is 30.0 Å². The molecule has 2 aromatic rings. The molecule has 1 heterocycles. The molecule has 3 nitrogen and oxygen atoms in total. The number of anilines is 1. The van der Waals surface area contributed by atoms with Gasteiger partial charge in [0.25, 0.3) is 0 Å². The van der Waals surface area contributed by atoms with Crippen LogP contribution in [0, 0.1) is 0 Å². The van der Waals surface area contributed by atoms with Crippen LogP contribution in [0.2, 0.25) is 0 Å². The third-order valence-corrected chi connectivity index (χ3v) is 3.23. The van der Waals surface area contributed by atoms with Gasteiger partial charge in [0.1, 0.15) is 0 Å². The molecule has 2 rings (SSSR count). The Kier molecular flexibility index (Phi) is 4.78. The predicted molar refractivity (Wildman–Crippen MR) is 78.8 cm³/mol. The minimum atomic E-state index is 0.538. The summed E-state index contributed by atoms with van der Waals surface area (Å²) in [4.78, 5) is 4.17. The second-order valence-corrected chi connectivity index (χ2v) is 4.59. The van der Waals surface area contributed by atoms with Crippen molar-refractivity contribution in [2.75, 3.05) is 19.0 Å². The maximum Gasteiger partial charge on any atom is 0.237 e. The average Bonchev–Trinajstić information content (AvgIpc) is 2.48. The van der Waals surface area contributed by atoms with Gasteiger partial charge >= 0.3 is 0 Å². The fraction of sp³-hybridized carbons (Fsp3) is 0.312. The number of nitrogens with one attached hydrogen (secondary N) is 1. The zero-order valence-electron chi connectivity index (χ0n) is 11.5. The number of ether oxygens (including phenoxy) is 1. The van der Waals surface area contributed by atoms with Gasteiger partial charge in [-0.15, -0.1) is 0 Å². The van der Waals surface area contributed by atoms with Crippen molar-refractivity contribution in [1.82, 2.24) is 4.98 Å². The zero-order valence-corrected chi connectivity index (χ0v) is 11.5. The van der Waals surface area contributed by atoms with Crippen LogP contribution in [0.3, 0.4) is 0 Å². The van der Waals surface area contributed by atoms with E-state index in [0.717, 1.165) is 18.7 Å². The van der Waals surface area contributed by atoms with Gasteiger partial charge in [0, 0.05) is 12.7 Å². The Morgan fingerprint density at radius 1 is 1.16 bits per heavy atom. The number of aromatic nitrogens is 1. The molecular formula is C16H20N2O. The predicted octanol–water partition coefficient (Wildman–Crippen LogP) is 3.70. The summed E-state index contributed by atoms with van der Waals surface area (Å²) in [5, 5.41) is 3.38. The van der Waals surface area contributed by atoms with E-state index in [9.17, 15) is 0 Å². The van der Waals surface area contributed by atoms with Crippen molar-refractivity contribution in [3.8, 4) is 5.88 Å². The van der Waals surface area contributed by atoms with E-state index in [0.29, 0.717) is 11.8 Å². The summed E-state index contributed by atoms with van der Waals surface area (Å²) in [7, 11) is 1.64. The summed E-state index contributed by atoms with van der Waals surface area (Å²) >= 11 is 0. The first kappa shape index (κ1) is 13.4. The van der Waals surface area contributed by atoms with Gasteiger partial charge in [-0.2, -0.15) is 0 Å². The summed E-state index contributed by atoms with van der Waals surface area (Å²) in [6.45, 7) is 3.15. The lowest BCUT2D eigenvalue weighted by Crippen LogP contribution is -2.07. The fourth-order valence-corrected chi connectivity index (χ4v) is 2.06. The second-order valence-electron chi connectivity index (χ2n) is 4.59. The van der Waals surface area contributed by atoms with Gasteiger partial charge in [0.05, 0.1) is 12.8 Å². The standard InChI is InChI=1S/C16H20N2O/c1-13(14-7-4-3-5-8-14)10-12-17-15-9-6-11-18-16(15)19-2/h3-9,11,13,17H,10,12H2,1-2H3. The first-order valence-electron chi connectivity index (χ1n) is 6.59. The van der Waals surface area contributed by atoms with E-state index in [1.165, 1.54) is 5.56 Å². The molecule has 1 atom stereocenters. The molecule has 1 unspecified atom stereocenters. The van der Waals surface area contributed by atoms with Crippen LogP contribution in [-0.2, 0) is 0 Å². The van der Waals surface area contributed by atoms with Crippen LogP contribution < -0.4 is 10.1 Å². The molecule has 0 aliphatic carbocycles. The Bertz CT molecular complexity index is 499. The first-order chi connectivity index (χ1) is 9.31. The highest BCUT2D eigenvalue weighted by molar-refractivity contribution is 5.51. The number of nitrogens with zero attached hydrogens (tertiary/aromatic N) is 1. The summed E-state index contributed by atoms with van der Waals surface area (Å²) < 4.78 is 5.21. The topological polar surface area (TPSA) is 34.1 Å². The lowest BCUT2D eigenvalue weighted by molar-refractivity contribution is 0.399. The van der Waals surface area contributed by atoms with E-state index in [1.54, 1.807) is 13.3 Å². The maximum atomic E-state index is 5.21. The van der Waals surface area contributed by atoms with E-state index in [2.05, 4.69) is 47.6 Å². The Labute approximate surface area is 114 Å². The molecule has 0 saturated heterocycles. The molecule has 0 saturated carbocycles. The van der Waals surface area contributed by atoms with Crippen LogP contribution in [0.5, 0.6) is 5.88 Å². The SMILES string of the molecule is COc1ncccc1NCCC(C)c1ccccc1. The highest BCUT2D eigenvalue weighted by Crippen LogP contribution is 2.22. The second kappa shape index (κ2) is 6.78. The highest BCUT2D eigenvalue weighted by Gasteiger charge is 2.06. The highest BCUT2D eigenvalue weighted by atomic mass is 16.5. The molecule has 0 spiro atoms. The number of hydrogen-bond acceptors (Lipinski definition) is 3. The van der Waals surface area contributed by atoms with Gasteiger partial charge in [0.15, 0.2) is 0 Å². The molecule has 1 aromatic heterocycles. The smallest absolute Gasteiger partial charge is 0.237 e. The van der Waals surface area contributed by atoms with Crippen LogP contribution in [0.1, 0.15) is 24.8 Å². The van der Waals surface area contributed by atoms with E-state index in [4.69, 9.17) is 4.74 Å². The van der Waals surface area contributed by atoms with Crippen molar-refractivity contribution in [1.29, 1.82) is 0 Å². The van der Waals surface area contributed by atoms with Gasteiger partial charge in [-0.25, -0.2) is 4.98 Å². The van der Waals surface area contributed by atoms with Crippen LogP contribution in [0.25, 0.3) is 0 Å². The average molecular weight is 256 g/mol. The van der Waals surface area contributed by atoms with Gasteiger partial charge in [0.2, 0.25) is 5.88 Å². The largest absolute Gasteiger partial charge is 0.480 e. The molecule has 100 valence electrons. The molecule has 0 fully saturated rings. The number of pyridine rings is 1. The molecule has 1 N–H and O–H groups in total. The summed E-state index contributed by atoms with van der Waals surface area (Å²) in [6, 6.07) is 14.5. The Morgan fingerprint density at radius 2 is 1.95 bits per heavy atom. The maximum absolute atomic E-state index is 5.21. The third-order valence-electron chi connectivity index (χ3n) is 3.23. The minimum Gasteiger partial charge on any atom is -0.480 e. The third kappa shape index (κ3) is 3.71. The van der Waals surface area contributed by atoms with Crippen LogP contribution in [-0.4, -0.2) is 18.6 Å². The molecule has 0 aliphatic heterocycles. The fourth-order valence-electron chi connectivity index (χ4n) is 2.06. The molecule has 0 aliphatic rings. The van der Waals surface area contributed by atoms with Crippen molar-refractivity contribution < 1.29 is 4.74 Å². The molecule has 0 amide bonds. The van der Waals surface area contributed by atoms with Crippen LogP contribution >= 0.6 is 0 Å². The Balaban J connectivity index is 1.87. The van der Waals surface area contributed by atoms with Gasteiger partial charge in [-0.3, -0.25) is 0 Å². The van der Waals surface area contributed by atoms with Gasteiger partial charge < -0.3 is 10.1 Å². The van der Waals surface area contributed by atoms with E-state index in [1.807, 2.05) is 12.1 Å². The normalized spacial score (nSPS) is 11.9. The van der Waals surface area contributed by atoms with Crippen molar-refractivity contribution in [3.05, 3.63) is 54.2 Å². The van der Waals surface area contributed by atoms with E-state index in [-0.39, 0.29) is 0 Å². The van der Waals surface area contributed by atoms with Crippen LogP contribution in [0.4, 0.5) is 5.69 Å². The number of hydrogen-bond donors (Lipinski definition) is 1. The molecule has 0 bridgehead atoms. The monoisotopic (exact) mass is 256 g/mol. The Morgan fingerprint density at radius 3 is 2.68 bits per heavy atom. The molecular weight excluding hydrogens is 236 g/mol. The lowest BCUT2D eigenvalue weighted by Gasteiger charge is -2.14. The van der Waals surface area contributed by atoms with E-state index < -0.39 is 0 Å². The lowest BCUT2D eigenvalue weighted by atomic mass is 9.98. The summed E-state index contributed by atoms with van der Waals surface area (Å²) in [5.41, 5.74) is 2.33. The van der Waals surface area contributed by atoms with Gasteiger partial charge in [-0.1, -0.05) is 37.3 Å². The molecule has 1 aromatic carbocycles. The molecule has 19 heavy (non-hydrogen) atoms. The van der Waals surface area contributed by atoms with Crippen molar-refractivity contribution in [2.24, 2.45) is 0 Å². The Hall–Kier alpha value is -2.03. The zero-order chi connectivity index (χ0) is 13.5.